The lowest BCUT2D eigenvalue weighted by Crippen LogP contribution is -2.60. The number of carbonyl (C=O) groups is 2. The molecule has 0 aromatic carbocycles. The van der Waals surface area contributed by atoms with Crippen LogP contribution in [-0.2, 0) is 23.8 Å². The monoisotopic (exact) mass is 1270 g/mol. The zero-order chi connectivity index (χ0) is 65.1. The molecule has 11 heteroatoms. The number of rotatable bonds is 70. The van der Waals surface area contributed by atoms with Crippen molar-refractivity contribution >= 4 is 11.9 Å². The lowest BCUT2D eigenvalue weighted by Gasteiger charge is -2.40. The quantitative estimate of drug-likeness (QED) is 0.0195. The first kappa shape index (κ1) is 85.9. The predicted octanol–water partition coefficient (Wildman–Crippen LogP) is 20.9. The van der Waals surface area contributed by atoms with Gasteiger partial charge in [0.2, 0.25) is 5.91 Å². The fourth-order valence-electron chi connectivity index (χ4n) is 12.6. The van der Waals surface area contributed by atoms with Crippen molar-refractivity contribution in [3.8, 4) is 0 Å². The third-order valence-electron chi connectivity index (χ3n) is 18.7. The van der Waals surface area contributed by atoms with Gasteiger partial charge in [0.1, 0.15) is 24.4 Å². The minimum absolute atomic E-state index is 0.0151. The summed E-state index contributed by atoms with van der Waals surface area (Å²) in [5.41, 5.74) is 0. The molecule has 6 N–H and O–H groups in total. The third-order valence-corrected chi connectivity index (χ3v) is 18.7. The maximum atomic E-state index is 13.0. The molecule has 0 spiro atoms. The Labute approximate surface area is 555 Å². The van der Waals surface area contributed by atoms with E-state index in [-0.39, 0.29) is 18.5 Å². The van der Waals surface area contributed by atoms with E-state index in [1.54, 1.807) is 6.08 Å². The minimum atomic E-state index is -1.57. The standard InChI is InChI=1S/C79H149NO10/c1-3-5-7-9-11-13-14-15-16-17-38-41-44-47-51-55-59-63-67-75(84)88-68-64-60-56-52-48-45-42-39-36-34-32-30-28-26-24-22-20-18-19-21-23-25-27-29-31-33-35-37-40-43-46-50-54-58-62-66-74(83)80-71(72(82)65-61-57-53-49-12-10-8-6-4-2)70-89-79-78(87)77(86)76(85)73(69-81)90-79/h20,22,26,28,61,65,71-73,76-79,81-82,85-87H,3-19,21,23-25,27,29-60,62-64,66-70H2,1-2H3,(H,80,83)/b22-20-,28-26-,65-61+. The van der Waals surface area contributed by atoms with Gasteiger partial charge in [-0.15, -0.1) is 0 Å². The molecular weight excluding hydrogens is 1120 g/mol. The highest BCUT2D eigenvalue weighted by Crippen LogP contribution is 2.24. The lowest BCUT2D eigenvalue weighted by atomic mass is 9.99. The van der Waals surface area contributed by atoms with Crippen LogP contribution in [0.2, 0.25) is 0 Å². The van der Waals surface area contributed by atoms with Crippen molar-refractivity contribution in [2.45, 2.75) is 436 Å². The van der Waals surface area contributed by atoms with Gasteiger partial charge in [0.05, 0.1) is 32.0 Å². The summed E-state index contributed by atoms with van der Waals surface area (Å²) in [6.45, 7) is 4.36. The van der Waals surface area contributed by atoms with E-state index >= 15 is 0 Å². The van der Waals surface area contributed by atoms with Crippen LogP contribution in [0.15, 0.2) is 36.5 Å². The predicted molar refractivity (Wildman–Crippen MR) is 380 cm³/mol. The van der Waals surface area contributed by atoms with Crippen LogP contribution in [-0.4, -0.2) is 100 Å². The average Bonchev–Trinajstić information content (AvgIpc) is 0.957. The number of aliphatic hydroxyl groups is 5. The normalized spacial score (nSPS) is 17.8. The van der Waals surface area contributed by atoms with Gasteiger partial charge >= 0.3 is 5.97 Å². The highest BCUT2D eigenvalue weighted by Gasteiger charge is 2.44. The van der Waals surface area contributed by atoms with Crippen LogP contribution in [0.25, 0.3) is 0 Å². The summed E-state index contributed by atoms with van der Waals surface area (Å²) >= 11 is 0. The van der Waals surface area contributed by atoms with Gasteiger partial charge in [0.15, 0.2) is 6.29 Å². The van der Waals surface area contributed by atoms with Gasteiger partial charge in [-0.05, 0) is 64.2 Å². The van der Waals surface area contributed by atoms with Gasteiger partial charge in [0, 0.05) is 12.8 Å². The first-order valence-electron chi connectivity index (χ1n) is 39.3. The first-order chi connectivity index (χ1) is 44.2. The Balaban J connectivity index is 1.87. The van der Waals surface area contributed by atoms with Crippen molar-refractivity contribution < 1.29 is 49.3 Å². The summed E-state index contributed by atoms with van der Waals surface area (Å²) < 4.78 is 16.7. The second-order valence-electron chi connectivity index (χ2n) is 27.4. The molecule has 0 aliphatic carbocycles. The van der Waals surface area contributed by atoms with Gasteiger partial charge in [-0.25, -0.2) is 0 Å². The van der Waals surface area contributed by atoms with Crippen LogP contribution in [0.1, 0.15) is 393 Å². The lowest BCUT2D eigenvalue weighted by molar-refractivity contribution is -0.302. The summed E-state index contributed by atoms with van der Waals surface area (Å²) in [6.07, 6.45) is 79.0. The number of unbranched alkanes of at least 4 members (excludes halogenated alkanes) is 52. The van der Waals surface area contributed by atoms with Crippen molar-refractivity contribution in [3.63, 3.8) is 0 Å². The first-order valence-corrected chi connectivity index (χ1v) is 39.3. The third kappa shape index (κ3) is 56.2. The molecule has 0 bridgehead atoms. The zero-order valence-electron chi connectivity index (χ0n) is 59.1. The Bertz CT molecular complexity index is 1590. The molecule has 530 valence electrons. The molecule has 0 radical (unpaired) electrons. The van der Waals surface area contributed by atoms with Gasteiger partial charge in [-0.2, -0.15) is 0 Å². The number of hydrogen-bond donors (Lipinski definition) is 6. The van der Waals surface area contributed by atoms with Crippen LogP contribution in [0.5, 0.6) is 0 Å². The number of allylic oxidation sites excluding steroid dienone is 5. The maximum absolute atomic E-state index is 13.0. The molecule has 1 aliphatic rings. The highest BCUT2D eigenvalue weighted by molar-refractivity contribution is 5.76. The van der Waals surface area contributed by atoms with Crippen LogP contribution in [0.4, 0.5) is 0 Å². The second-order valence-corrected chi connectivity index (χ2v) is 27.4. The maximum Gasteiger partial charge on any atom is 0.305 e. The van der Waals surface area contributed by atoms with Crippen molar-refractivity contribution in [2.75, 3.05) is 19.8 Å². The van der Waals surface area contributed by atoms with E-state index in [2.05, 4.69) is 43.5 Å². The topological polar surface area (TPSA) is 175 Å². The van der Waals surface area contributed by atoms with E-state index in [1.807, 2.05) is 6.08 Å². The van der Waals surface area contributed by atoms with Crippen molar-refractivity contribution in [3.05, 3.63) is 36.5 Å². The fraction of sp³-hybridized carbons (Fsp3) is 0.899. The molecular formula is C79H149NO10. The molecule has 1 rings (SSSR count). The van der Waals surface area contributed by atoms with Crippen LogP contribution in [0.3, 0.4) is 0 Å². The van der Waals surface area contributed by atoms with E-state index in [9.17, 15) is 35.1 Å². The van der Waals surface area contributed by atoms with Gasteiger partial charge in [-0.3, -0.25) is 9.59 Å². The Kier molecular flexibility index (Phi) is 65.2. The zero-order valence-corrected chi connectivity index (χ0v) is 59.1. The molecule has 0 saturated carbocycles. The highest BCUT2D eigenvalue weighted by atomic mass is 16.7. The summed E-state index contributed by atoms with van der Waals surface area (Å²) in [7, 11) is 0. The largest absolute Gasteiger partial charge is 0.466 e. The van der Waals surface area contributed by atoms with Crippen molar-refractivity contribution in [1.29, 1.82) is 0 Å². The molecule has 1 saturated heterocycles. The summed E-state index contributed by atoms with van der Waals surface area (Å²) in [5.74, 6) is -0.165. The van der Waals surface area contributed by atoms with Crippen LogP contribution in [0, 0.1) is 0 Å². The minimum Gasteiger partial charge on any atom is -0.466 e. The Morgan fingerprint density at radius 3 is 1.12 bits per heavy atom. The summed E-state index contributed by atoms with van der Waals surface area (Å²) in [6, 6.07) is -0.807. The Morgan fingerprint density at radius 2 is 0.744 bits per heavy atom. The number of ether oxygens (including phenoxy) is 3. The molecule has 1 amide bonds. The van der Waals surface area contributed by atoms with Gasteiger partial charge in [-0.1, -0.05) is 352 Å². The van der Waals surface area contributed by atoms with E-state index in [0.29, 0.717) is 19.4 Å². The number of amides is 1. The van der Waals surface area contributed by atoms with E-state index < -0.39 is 49.5 Å². The number of aliphatic hydroxyl groups excluding tert-OH is 5. The van der Waals surface area contributed by atoms with E-state index in [4.69, 9.17) is 14.2 Å². The fourth-order valence-corrected chi connectivity index (χ4v) is 12.6. The number of carbonyl (C=O) groups excluding carboxylic acids is 2. The van der Waals surface area contributed by atoms with Crippen LogP contribution < -0.4 is 5.32 Å². The summed E-state index contributed by atoms with van der Waals surface area (Å²) in [5, 5.41) is 54.3. The second kappa shape index (κ2) is 68.3. The van der Waals surface area contributed by atoms with E-state index in [0.717, 1.165) is 57.8 Å². The number of hydrogen-bond acceptors (Lipinski definition) is 10. The average molecular weight is 1270 g/mol. The molecule has 90 heavy (non-hydrogen) atoms. The van der Waals surface area contributed by atoms with Crippen LogP contribution >= 0.6 is 0 Å². The molecule has 0 aromatic heterocycles. The molecule has 1 aliphatic heterocycles. The molecule has 7 unspecified atom stereocenters. The van der Waals surface area contributed by atoms with Gasteiger partial charge in [0.25, 0.3) is 0 Å². The molecule has 0 aromatic rings. The van der Waals surface area contributed by atoms with E-state index in [1.165, 1.54) is 308 Å². The Hall–Kier alpha value is -2.12. The molecule has 7 atom stereocenters. The van der Waals surface area contributed by atoms with Gasteiger partial charge < -0.3 is 45.1 Å². The van der Waals surface area contributed by atoms with Crippen molar-refractivity contribution in [2.24, 2.45) is 0 Å². The number of nitrogens with one attached hydrogen (secondary N) is 1. The molecule has 11 nitrogen and oxygen atoms in total. The molecule has 1 fully saturated rings. The smallest absolute Gasteiger partial charge is 0.305 e. The SMILES string of the molecule is CCCCCCCCC/C=C/C(O)C(COC1OC(CO)C(O)C(O)C1O)NC(=O)CCCCCCCCCCCCCCCCCCC/C=C\C/C=C\CCCCCCCCCCCCCOC(=O)CCCCCCCCCCCCCCCCCCCC. The molecule has 1 heterocycles. The number of esters is 1. The summed E-state index contributed by atoms with van der Waals surface area (Å²) in [4.78, 5) is 25.2. The Morgan fingerprint density at radius 1 is 0.411 bits per heavy atom. The van der Waals surface area contributed by atoms with Crippen molar-refractivity contribution in [1.82, 2.24) is 5.32 Å².